The summed E-state index contributed by atoms with van der Waals surface area (Å²) in [5.41, 5.74) is -0.0803. The largest absolute Gasteiger partial charge is 0.480 e. The van der Waals surface area contributed by atoms with E-state index in [0.717, 1.165) is 0 Å². The van der Waals surface area contributed by atoms with Crippen molar-refractivity contribution < 1.29 is 18.3 Å². The van der Waals surface area contributed by atoms with Crippen LogP contribution in [0, 0.1) is 5.41 Å². The molecule has 0 bridgehead atoms. The summed E-state index contributed by atoms with van der Waals surface area (Å²) >= 11 is 0. The molecule has 1 aromatic rings. The van der Waals surface area contributed by atoms with Crippen LogP contribution in [0.4, 0.5) is 0 Å². The Morgan fingerprint density at radius 3 is 2.21 bits per heavy atom. The summed E-state index contributed by atoms with van der Waals surface area (Å²) in [4.78, 5) is 11.1. The molecule has 0 aliphatic heterocycles. The molecule has 106 valence electrons. The zero-order chi connectivity index (χ0) is 14.7. The molecule has 0 spiro atoms. The molecule has 0 unspecified atom stereocenters. The third-order valence-electron chi connectivity index (χ3n) is 2.61. The molecule has 19 heavy (non-hydrogen) atoms. The van der Waals surface area contributed by atoms with E-state index in [-0.39, 0.29) is 5.75 Å². The van der Waals surface area contributed by atoms with E-state index in [1.54, 1.807) is 51.1 Å². The number of carbonyl (C=O) groups is 1. The summed E-state index contributed by atoms with van der Waals surface area (Å²) in [6.45, 7) is 5.03. The van der Waals surface area contributed by atoms with Crippen LogP contribution in [0.15, 0.2) is 30.3 Å². The molecule has 5 nitrogen and oxygen atoms in total. The second-order valence-electron chi connectivity index (χ2n) is 5.50. The topological polar surface area (TPSA) is 83.5 Å². The summed E-state index contributed by atoms with van der Waals surface area (Å²) in [6, 6.07) is 7.49. The highest BCUT2D eigenvalue weighted by Crippen LogP contribution is 2.20. The van der Waals surface area contributed by atoms with Crippen LogP contribution in [0.25, 0.3) is 0 Å². The maximum atomic E-state index is 12.0. The first kappa shape index (κ1) is 15.7. The Morgan fingerprint density at radius 1 is 1.26 bits per heavy atom. The molecule has 0 saturated carbocycles. The fourth-order valence-electron chi connectivity index (χ4n) is 1.61. The molecule has 0 saturated heterocycles. The second kappa shape index (κ2) is 5.71. The SMILES string of the molecule is CC(C)(C)[C@H](NS(=O)(=O)Cc1ccccc1)C(=O)O. The number of nitrogens with one attached hydrogen (secondary N) is 1. The maximum Gasteiger partial charge on any atom is 0.322 e. The van der Waals surface area contributed by atoms with Crippen LogP contribution in [0.1, 0.15) is 26.3 Å². The maximum absolute atomic E-state index is 12.0. The van der Waals surface area contributed by atoms with Gasteiger partial charge in [0, 0.05) is 0 Å². The van der Waals surface area contributed by atoms with E-state index in [9.17, 15) is 13.2 Å². The highest BCUT2D eigenvalue weighted by atomic mass is 32.2. The Morgan fingerprint density at radius 2 is 1.79 bits per heavy atom. The Kier molecular flexibility index (Phi) is 4.70. The monoisotopic (exact) mass is 285 g/mol. The van der Waals surface area contributed by atoms with E-state index in [0.29, 0.717) is 5.56 Å². The van der Waals surface area contributed by atoms with Gasteiger partial charge in [-0.15, -0.1) is 0 Å². The predicted molar refractivity (Wildman–Crippen MR) is 73.1 cm³/mol. The van der Waals surface area contributed by atoms with Crippen molar-refractivity contribution in [3.05, 3.63) is 35.9 Å². The van der Waals surface area contributed by atoms with Crippen molar-refractivity contribution in [3.63, 3.8) is 0 Å². The summed E-state index contributed by atoms with van der Waals surface area (Å²) in [7, 11) is -3.69. The molecular formula is C13H19NO4S. The molecule has 0 radical (unpaired) electrons. The molecule has 1 rings (SSSR count). The number of benzene rings is 1. The van der Waals surface area contributed by atoms with Crippen LogP contribution >= 0.6 is 0 Å². The number of hydrogen-bond acceptors (Lipinski definition) is 3. The van der Waals surface area contributed by atoms with Gasteiger partial charge in [-0.3, -0.25) is 4.79 Å². The van der Waals surface area contributed by atoms with Crippen molar-refractivity contribution in [3.8, 4) is 0 Å². The minimum atomic E-state index is -3.69. The van der Waals surface area contributed by atoms with Gasteiger partial charge in [0.15, 0.2) is 0 Å². The lowest BCUT2D eigenvalue weighted by atomic mass is 9.88. The van der Waals surface area contributed by atoms with E-state index in [1.807, 2.05) is 0 Å². The van der Waals surface area contributed by atoms with Crippen molar-refractivity contribution >= 4 is 16.0 Å². The molecule has 0 aliphatic rings. The van der Waals surface area contributed by atoms with Crippen molar-refractivity contribution in [1.82, 2.24) is 4.72 Å². The van der Waals surface area contributed by atoms with Gasteiger partial charge >= 0.3 is 5.97 Å². The van der Waals surface area contributed by atoms with Crippen LogP contribution in [0.5, 0.6) is 0 Å². The van der Waals surface area contributed by atoms with Crippen molar-refractivity contribution in [1.29, 1.82) is 0 Å². The van der Waals surface area contributed by atoms with E-state index in [1.165, 1.54) is 0 Å². The number of hydrogen-bond donors (Lipinski definition) is 2. The lowest BCUT2D eigenvalue weighted by Crippen LogP contribution is -2.49. The van der Waals surface area contributed by atoms with Gasteiger partial charge in [-0.1, -0.05) is 51.1 Å². The average Bonchev–Trinajstić information content (AvgIpc) is 2.25. The molecule has 0 heterocycles. The lowest BCUT2D eigenvalue weighted by molar-refractivity contribution is -0.141. The van der Waals surface area contributed by atoms with E-state index >= 15 is 0 Å². The zero-order valence-electron chi connectivity index (χ0n) is 11.3. The van der Waals surface area contributed by atoms with Crippen molar-refractivity contribution in [2.75, 3.05) is 0 Å². The molecule has 0 aliphatic carbocycles. The number of carboxylic acids is 1. The summed E-state index contributed by atoms with van der Waals surface area (Å²) < 4.78 is 26.2. The molecular weight excluding hydrogens is 266 g/mol. The normalized spacial score (nSPS) is 14.1. The van der Waals surface area contributed by atoms with Gasteiger partial charge in [0.2, 0.25) is 10.0 Å². The van der Waals surface area contributed by atoms with Gasteiger partial charge in [-0.25, -0.2) is 13.1 Å². The zero-order valence-corrected chi connectivity index (χ0v) is 12.1. The van der Waals surface area contributed by atoms with Crippen LogP contribution < -0.4 is 4.72 Å². The van der Waals surface area contributed by atoms with E-state index in [2.05, 4.69) is 4.72 Å². The Bertz CT molecular complexity index is 532. The summed E-state index contributed by atoms with van der Waals surface area (Å²) in [5.74, 6) is -1.41. The molecule has 6 heteroatoms. The van der Waals surface area contributed by atoms with Crippen LogP contribution in [-0.4, -0.2) is 25.5 Å². The van der Waals surface area contributed by atoms with Gasteiger partial charge in [0.1, 0.15) is 6.04 Å². The number of sulfonamides is 1. The molecule has 0 fully saturated rings. The van der Waals surface area contributed by atoms with Gasteiger partial charge in [0.25, 0.3) is 0 Å². The standard InChI is InChI=1S/C13H19NO4S/c1-13(2,3)11(12(15)16)14-19(17,18)9-10-7-5-4-6-8-10/h4-8,11,14H,9H2,1-3H3,(H,15,16)/t11-/m1/s1. The summed E-state index contributed by atoms with van der Waals surface area (Å²) in [5, 5.41) is 9.11. The third-order valence-corrected chi connectivity index (χ3v) is 3.92. The first-order valence-electron chi connectivity index (χ1n) is 5.88. The lowest BCUT2D eigenvalue weighted by Gasteiger charge is -2.27. The average molecular weight is 285 g/mol. The quantitative estimate of drug-likeness (QED) is 0.861. The van der Waals surface area contributed by atoms with Gasteiger partial charge in [-0.05, 0) is 11.0 Å². The highest BCUT2D eigenvalue weighted by Gasteiger charge is 2.34. The van der Waals surface area contributed by atoms with E-state index in [4.69, 9.17) is 5.11 Å². The molecule has 0 aromatic heterocycles. The smallest absolute Gasteiger partial charge is 0.322 e. The first-order chi connectivity index (χ1) is 8.62. The molecule has 0 amide bonds. The Hall–Kier alpha value is -1.40. The fraction of sp³-hybridized carbons (Fsp3) is 0.462. The minimum Gasteiger partial charge on any atom is -0.480 e. The Balaban J connectivity index is 2.87. The third kappa shape index (κ3) is 5.00. The number of aliphatic carboxylic acids is 1. The van der Waals surface area contributed by atoms with Crippen molar-refractivity contribution in [2.24, 2.45) is 5.41 Å². The van der Waals surface area contributed by atoms with E-state index < -0.39 is 27.4 Å². The predicted octanol–water partition coefficient (Wildman–Crippen LogP) is 1.61. The number of carboxylic acid groups (broad SMARTS) is 1. The van der Waals surface area contributed by atoms with Crippen LogP contribution in [0.2, 0.25) is 0 Å². The van der Waals surface area contributed by atoms with Gasteiger partial charge in [0.05, 0.1) is 5.75 Å². The molecule has 1 aromatic carbocycles. The van der Waals surface area contributed by atoms with Crippen LogP contribution in [0.3, 0.4) is 0 Å². The highest BCUT2D eigenvalue weighted by molar-refractivity contribution is 7.88. The second-order valence-corrected chi connectivity index (χ2v) is 7.25. The van der Waals surface area contributed by atoms with Gasteiger partial charge < -0.3 is 5.11 Å². The minimum absolute atomic E-state index is 0.228. The van der Waals surface area contributed by atoms with Crippen LogP contribution in [-0.2, 0) is 20.6 Å². The Labute approximate surface area is 113 Å². The fourth-order valence-corrected chi connectivity index (χ4v) is 3.14. The summed E-state index contributed by atoms with van der Waals surface area (Å²) in [6.07, 6.45) is 0. The molecule has 2 N–H and O–H groups in total. The first-order valence-corrected chi connectivity index (χ1v) is 7.54. The van der Waals surface area contributed by atoms with Gasteiger partial charge in [-0.2, -0.15) is 0 Å². The van der Waals surface area contributed by atoms with Crippen molar-refractivity contribution in [2.45, 2.75) is 32.6 Å². The number of rotatable bonds is 5. The molecule has 1 atom stereocenters.